The van der Waals surface area contributed by atoms with Gasteiger partial charge in [-0.15, -0.1) is 0 Å². The largest absolute Gasteiger partial charge is 0.354 e. The molecule has 5 nitrogen and oxygen atoms in total. The number of rotatable bonds is 9. The van der Waals surface area contributed by atoms with Crippen LogP contribution in [0.1, 0.15) is 25.3 Å². The minimum absolute atomic E-state index is 0.228. The summed E-state index contributed by atoms with van der Waals surface area (Å²) >= 11 is 12.0. The number of carbonyl (C=O) groups excluding carboxylic acids is 1. The topological polar surface area (TPSA) is 66.5 Å². The Balaban J connectivity index is 2.09. The molecular weight excluding hydrogens is 419 g/mol. The van der Waals surface area contributed by atoms with Crippen LogP contribution in [-0.4, -0.2) is 33.2 Å². The monoisotopic (exact) mass is 442 g/mol. The molecule has 0 fully saturated rings. The average Bonchev–Trinajstić information content (AvgIpc) is 2.65. The van der Waals surface area contributed by atoms with Crippen LogP contribution in [0.4, 0.5) is 5.69 Å². The highest BCUT2D eigenvalue weighted by Crippen LogP contribution is 2.30. The average molecular weight is 443 g/mol. The van der Waals surface area contributed by atoms with Gasteiger partial charge in [0, 0.05) is 6.54 Å². The smallest absolute Gasteiger partial charge is 0.243 e. The predicted octanol–water partition coefficient (Wildman–Crippen LogP) is 4.29. The summed E-state index contributed by atoms with van der Waals surface area (Å²) in [6, 6.07) is 13.6. The quantitative estimate of drug-likeness (QED) is 0.588. The molecule has 152 valence electrons. The molecule has 0 aromatic heterocycles. The van der Waals surface area contributed by atoms with Crippen molar-refractivity contribution in [3.05, 3.63) is 64.1 Å². The maximum Gasteiger partial charge on any atom is 0.243 e. The first-order valence-electron chi connectivity index (χ1n) is 9.00. The predicted molar refractivity (Wildman–Crippen MR) is 116 cm³/mol. The van der Waals surface area contributed by atoms with Crippen LogP contribution in [0.2, 0.25) is 10.0 Å². The van der Waals surface area contributed by atoms with Crippen molar-refractivity contribution in [3.8, 4) is 0 Å². The molecule has 2 rings (SSSR count). The third-order valence-electron chi connectivity index (χ3n) is 4.27. The minimum atomic E-state index is -3.71. The fourth-order valence-corrected chi connectivity index (χ4v) is 4.44. The van der Waals surface area contributed by atoms with E-state index in [0.717, 1.165) is 23.4 Å². The Morgan fingerprint density at radius 1 is 1.11 bits per heavy atom. The summed E-state index contributed by atoms with van der Waals surface area (Å²) in [6.45, 7) is 2.23. The van der Waals surface area contributed by atoms with Crippen LogP contribution in [0.3, 0.4) is 0 Å². The Kier molecular flexibility index (Phi) is 8.16. The number of anilines is 1. The molecule has 0 radical (unpaired) electrons. The van der Waals surface area contributed by atoms with Crippen LogP contribution in [0.25, 0.3) is 0 Å². The molecule has 1 amide bonds. The lowest BCUT2D eigenvalue weighted by atomic mass is 10.1. The number of hydrogen-bond donors (Lipinski definition) is 1. The second kappa shape index (κ2) is 10.1. The lowest BCUT2D eigenvalue weighted by Crippen LogP contribution is -2.49. The van der Waals surface area contributed by atoms with Gasteiger partial charge in [0.25, 0.3) is 0 Å². The molecule has 8 heteroatoms. The summed E-state index contributed by atoms with van der Waals surface area (Å²) in [5, 5.41) is 3.39. The third-order valence-corrected chi connectivity index (χ3v) is 6.19. The first-order chi connectivity index (χ1) is 13.2. The zero-order chi connectivity index (χ0) is 20.7. The number of nitrogens with one attached hydrogen (secondary N) is 1. The number of nitrogens with zero attached hydrogens (tertiary/aromatic N) is 1. The number of halogens is 2. The molecule has 2 aromatic rings. The van der Waals surface area contributed by atoms with Crippen LogP contribution in [-0.2, 0) is 21.2 Å². The van der Waals surface area contributed by atoms with E-state index in [4.69, 9.17) is 23.2 Å². The molecule has 0 heterocycles. The fourth-order valence-electron chi connectivity index (χ4n) is 2.95. The highest BCUT2D eigenvalue weighted by molar-refractivity contribution is 7.92. The third kappa shape index (κ3) is 6.12. The first-order valence-corrected chi connectivity index (χ1v) is 11.6. The van der Waals surface area contributed by atoms with Crippen molar-refractivity contribution in [3.63, 3.8) is 0 Å². The molecule has 0 saturated heterocycles. The van der Waals surface area contributed by atoms with Crippen molar-refractivity contribution in [1.29, 1.82) is 0 Å². The van der Waals surface area contributed by atoms with Gasteiger partial charge in [-0.2, -0.15) is 0 Å². The van der Waals surface area contributed by atoms with Gasteiger partial charge in [-0.25, -0.2) is 8.42 Å². The van der Waals surface area contributed by atoms with Gasteiger partial charge in [0.05, 0.1) is 22.0 Å². The van der Waals surface area contributed by atoms with E-state index >= 15 is 0 Å². The summed E-state index contributed by atoms with van der Waals surface area (Å²) in [7, 11) is -3.71. The second-order valence-electron chi connectivity index (χ2n) is 6.46. The molecule has 0 aliphatic heterocycles. The SMILES string of the molecule is CC[C@H](C(=O)NCCCc1ccccc1)N(c1ccc(Cl)c(Cl)c1)S(C)(=O)=O. The van der Waals surface area contributed by atoms with Crippen molar-refractivity contribution >= 4 is 44.8 Å². The Labute approximate surface area is 176 Å². The van der Waals surface area contributed by atoms with Crippen LogP contribution in [0.15, 0.2) is 48.5 Å². The highest BCUT2D eigenvalue weighted by atomic mass is 35.5. The zero-order valence-electron chi connectivity index (χ0n) is 15.9. The van der Waals surface area contributed by atoms with E-state index in [9.17, 15) is 13.2 Å². The van der Waals surface area contributed by atoms with Crippen LogP contribution in [0, 0.1) is 0 Å². The Morgan fingerprint density at radius 3 is 2.36 bits per heavy atom. The minimum Gasteiger partial charge on any atom is -0.354 e. The van der Waals surface area contributed by atoms with E-state index in [1.807, 2.05) is 30.3 Å². The number of hydrogen-bond acceptors (Lipinski definition) is 3. The lowest BCUT2D eigenvalue weighted by molar-refractivity contribution is -0.122. The van der Waals surface area contributed by atoms with Crippen LogP contribution in [0.5, 0.6) is 0 Å². The van der Waals surface area contributed by atoms with Crippen molar-refractivity contribution in [2.24, 2.45) is 0 Å². The van der Waals surface area contributed by atoms with Crippen LogP contribution >= 0.6 is 23.2 Å². The van der Waals surface area contributed by atoms with Gasteiger partial charge in [0.1, 0.15) is 6.04 Å². The Bertz CT molecular complexity index is 905. The van der Waals surface area contributed by atoms with Gasteiger partial charge in [0.2, 0.25) is 15.9 Å². The summed E-state index contributed by atoms with van der Waals surface area (Å²) in [5.41, 5.74) is 1.50. The molecule has 0 aliphatic carbocycles. The van der Waals surface area contributed by atoms with Crippen LogP contribution < -0.4 is 9.62 Å². The number of carbonyl (C=O) groups is 1. The molecule has 0 bridgehead atoms. The normalized spacial score (nSPS) is 12.4. The summed E-state index contributed by atoms with van der Waals surface area (Å²) in [4.78, 5) is 12.7. The molecule has 0 unspecified atom stereocenters. The molecule has 1 N–H and O–H groups in total. The van der Waals surface area contributed by atoms with E-state index in [2.05, 4.69) is 5.32 Å². The summed E-state index contributed by atoms with van der Waals surface area (Å²) in [6.07, 6.45) is 2.98. The second-order valence-corrected chi connectivity index (χ2v) is 9.14. The molecular formula is C20H24Cl2N2O3S. The van der Waals surface area contributed by atoms with E-state index in [0.29, 0.717) is 23.7 Å². The van der Waals surface area contributed by atoms with Gasteiger partial charge < -0.3 is 5.32 Å². The van der Waals surface area contributed by atoms with E-state index in [1.165, 1.54) is 17.7 Å². The Hall–Kier alpha value is -1.76. The van der Waals surface area contributed by atoms with Gasteiger partial charge in [-0.3, -0.25) is 9.10 Å². The molecule has 0 aliphatic rings. The zero-order valence-corrected chi connectivity index (χ0v) is 18.2. The van der Waals surface area contributed by atoms with Crippen molar-refractivity contribution in [1.82, 2.24) is 5.32 Å². The lowest BCUT2D eigenvalue weighted by Gasteiger charge is -2.30. The first kappa shape index (κ1) is 22.5. The summed E-state index contributed by atoms with van der Waals surface area (Å²) < 4.78 is 25.9. The van der Waals surface area contributed by atoms with E-state index in [1.54, 1.807) is 13.0 Å². The van der Waals surface area contributed by atoms with Crippen molar-refractivity contribution in [2.75, 3.05) is 17.1 Å². The number of aryl methyl sites for hydroxylation is 1. The van der Waals surface area contributed by atoms with Crippen molar-refractivity contribution in [2.45, 2.75) is 32.2 Å². The standard InChI is InChI=1S/C20H24Cl2N2O3S/c1-3-19(20(25)23-13-7-10-15-8-5-4-6-9-15)24(28(2,26)27)16-11-12-17(21)18(22)14-16/h4-6,8-9,11-12,14,19H,3,7,10,13H2,1-2H3,(H,23,25)/t19-/m1/s1. The number of amides is 1. The maximum absolute atomic E-state index is 12.7. The number of sulfonamides is 1. The van der Waals surface area contributed by atoms with E-state index in [-0.39, 0.29) is 10.9 Å². The van der Waals surface area contributed by atoms with Gasteiger partial charge in [0.15, 0.2) is 0 Å². The molecule has 28 heavy (non-hydrogen) atoms. The molecule has 2 aromatic carbocycles. The molecule has 0 spiro atoms. The molecule has 0 saturated carbocycles. The summed E-state index contributed by atoms with van der Waals surface area (Å²) in [5.74, 6) is -0.341. The van der Waals surface area contributed by atoms with Gasteiger partial charge in [-0.1, -0.05) is 60.5 Å². The fraction of sp³-hybridized carbons (Fsp3) is 0.350. The Morgan fingerprint density at radius 2 is 1.79 bits per heavy atom. The number of benzene rings is 2. The van der Waals surface area contributed by atoms with Crippen molar-refractivity contribution < 1.29 is 13.2 Å². The van der Waals surface area contributed by atoms with Gasteiger partial charge >= 0.3 is 0 Å². The highest BCUT2D eigenvalue weighted by Gasteiger charge is 2.31. The molecule has 1 atom stereocenters. The van der Waals surface area contributed by atoms with E-state index < -0.39 is 16.1 Å². The van der Waals surface area contributed by atoms with Gasteiger partial charge in [-0.05, 0) is 43.0 Å². The maximum atomic E-state index is 12.7.